The summed E-state index contributed by atoms with van der Waals surface area (Å²) in [5, 5.41) is 24.4. The number of carbonyl (C=O) groups is 2. The molecule has 3 fully saturated rings. The lowest BCUT2D eigenvalue weighted by Gasteiger charge is -2.57. The van der Waals surface area contributed by atoms with Gasteiger partial charge in [0.2, 0.25) is 0 Å². The molecule has 0 unspecified atom stereocenters. The van der Waals surface area contributed by atoms with E-state index in [0.29, 0.717) is 11.7 Å². The van der Waals surface area contributed by atoms with E-state index in [4.69, 9.17) is 15.0 Å². The molecule has 4 aliphatic rings. The molecule has 0 aromatic carbocycles. The minimum atomic E-state index is -1.83. The fraction of sp³-hybridized carbons (Fsp3) is 0.800. The number of allylic oxidation sites excluding steroid dienone is 1. The number of carbonyl (C=O) groups excluding carboxylic acids is 1. The van der Waals surface area contributed by atoms with Crippen LogP contribution in [0.15, 0.2) is 11.6 Å². The molecule has 6 atom stereocenters. The lowest BCUT2D eigenvalue weighted by molar-refractivity contribution is -0.118. The van der Waals surface area contributed by atoms with E-state index in [1.54, 1.807) is 0 Å². The van der Waals surface area contributed by atoms with Crippen LogP contribution in [0.5, 0.6) is 0 Å². The van der Waals surface area contributed by atoms with E-state index in [1.807, 2.05) is 6.08 Å². The van der Waals surface area contributed by atoms with Crippen LogP contribution in [0.2, 0.25) is 0 Å². The highest BCUT2D eigenvalue weighted by Crippen LogP contribution is 2.65. The molecule has 0 aromatic rings. The van der Waals surface area contributed by atoms with Gasteiger partial charge in [0.15, 0.2) is 5.78 Å². The normalized spacial score (nSPS) is 45.2. The fourth-order valence-electron chi connectivity index (χ4n) is 6.53. The summed E-state index contributed by atoms with van der Waals surface area (Å²) in [4.78, 5) is 20.3. The van der Waals surface area contributed by atoms with E-state index in [-0.39, 0.29) is 16.9 Å². The van der Waals surface area contributed by atoms with Crippen molar-refractivity contribution < 1.29 is 24.9 Å². The SMILES string of the molecule is C[C@]12CC[C@H]3[C@@H](CCC4=CC(=O)CC[C@@]43C)[C@@H]1CC[C@@H]2O.O=C(O)O. The van der Waals surface area contributed by atoms with E-state index < -0.39 is 6.16 Å². The van der Waals surface area contributed by atoms with Crippen molar-refractivity contribution >= 4 is 11.9 Å². The van der Waals surface area contributed by atoms with E-state index in [0.717, 1.165) is 37.5 Å². The van der Waals surface area contributed by atoms with Crippen LogP contribution in [0.1, 0.15) is 65.2 Å². The Hall–Kier alpha value is -1.36. The highest BCUT2D eigenvalue weighted by molar-refractivity contribution is 5.91. The maximum Gasteiger partial charge on any atom is 0.503 e. The van der Waals surface area contributed by atoms with Crippen molar-refractivity contribution in [2.45, 2.75) is 71.3 Å². The maximum atomic E-state index is 11.8. The molecule has 0 aliphatic heterocycles. The van der Waals surface area contributed by atoms with Crippen molar-refractivity contribution in [1.82, 2.24) is 0 Å². The van der Waals surface area contributed by atoms with Crippen molar-refractivity contribution in [3.05, 3.63) is 11.6 Å². The van der Waals surface area contributed by atoms with E-state index in [2.05, 4.69) is 13.8 Å². The lowest BCUT2D eigenvalue weighted by Crippen LogP contribution is -2.51. The summed E-state index contributed by atoms with van der Waals surface area (Å²) in [6.45, 7) is 4.76. The monoisotopic (exact) mass is 350 g/mol. The van der Waals surface area contributed by atoms with Gasteiger partial charge >= 0.3 is 6.16 Å². The van der Waals surface area contributed by atoms with Crippen LogP contribution in [0.25, 0.3) is 0 Å². The van der Waals surface area contributed by atoms with Crippen molar-refractivity contribution in [2.75, 3.05) is 0 Å². The highest BCUT2D eigenvalue weighted by atomic mass is 16.6. The van der Waals surface area contributed by atoms with Crippen molar-refractivity contribution in [2.24, 2.45) is 28.6 Å². The summed E-state index contributed by atoms with van der Waals surface area (Å²) in [7, 11) is 0. The molecule has 0 heterocycles. The quantitative estimate of drug-likeness (QED) is 0.611. The topological polar surface area (TPSA) is 94.8 Å². The van der Waals surface area contributed by atoms with Crippen LogP contribution < -0.4 is 0 Å². The molecule has 5 heteroatoms. The maximum absolute atomic E-state index is 11.8. The summed E-state index contributed by atoms with van der Waals surface area (Å²) in [5.41, 5.74) is 1.89. The van der Waals surface area contributed by atoms with Crippen molar-refractivity contribution in [3.8, 4) is 0 Å². The first-order chi connectivity index (χ1) is 11.7. The zero-order valence-electron chi connectivity index (χ0n) is 15.2. The molecule has 140 valence electrons. The van der Waals surface area contributed by atoms with Gasteiger partial charge in [-0.15, -0.1) is 0 Å². The van der Waals surface area contributed by atoms with Gasteiger partial charge in [-0.05, 0) is 79.6 Å². The molecule has 0 spiro atoms. The van der Waals surface area contributed by atoms with E-state index in [1.165, 1.54) is 31.3 Å². The zero-order valence-corrected chi connectivity index (χ0v) is 15.2. The minimum Gasteiger partial charge on any atom is -0.450 e. The Morgan fingerprint density at radius 3 is 2.40 bits per heavy atom. The third kappa shape index (κ3) is 3.01. The summed E-state index contributed by atoms with van der Waals surface area (Å²) in [5.74, 6) is 2.57. The minimum absolute atomic E-state index is 0.0823. The molecule has 4 aliphatic carbocycles. The molecule has 0 aromatic heterocycles. The van der Waals surface area contributed by atoms with Gasteiger partial charge in [0, 0.05) is 6.42 Å². The molecule has 3 N–H and O–H groups in total. The first kappa shape index (κ1) is 18.4. The Balaban J connectivity index is 0.000000415. The van der Waals surface area contributed by atoms with Crippen LogP contribution in [0, 0.1) is 28.6 Å². The second-order valence-corrected chi connectivity index (χ2v) is 8.89. The molecular formula is C20H30O5. The van der Waals surface area contributed by atoms with Gasteiger partial charge in [0.1, 0.15) is 0 Å². The van der Waals surface area contributed by atoms with Crippen molar-refractivity contribution in [1.29, 1.82) is 0 Å². The number of aliphatic hydroxyl groups is 1. The van der Waals surface area contributed by atoms with Gasteiger partial charge < -0.3 is 15.3 Å². The number of carboxylic acid groups (broad SMARTS) is 2. The van der Waals surface area contributed by atoms with E-state index >= 15 is 0 Å². The Labute approximate surface area is 149 Å². The number of hydrogen-bond donors (Lipinski definition) is 3. The average molecular weight is 350 g/mol. The standard InChI is InChI=1S/C19H28O2.CH2O3/c1-18-9-7-13(20)11-12(18)3-4-14-15-5-6-17(21)19(15,2)10-8-16(14)18;2-1(3)4/h11,14-17,21H,3-10H2,1-2H3;(H2,2,3,4)/t14-,15-,16-,17-,18-,19-;/m0./s1. The smallest absolute Gasteiger partial charge is 0.450 e. The van der Waals surface area contributed by atoms with Gasteiger partial charge in [-0.2, -0.15) is 0 Å². The van der Waals surface area contributed by atoms with Crippen LogP contribution in [-0.2, 0) is 4.79 Å². The molecule has 3 saturated carbocycles. The van der Waals surface area contributed by atoms with Crippen LogP contribution >= 0.6 is 0 Å². The first-order valence-corrected chi connectivity index (χ1v) is 9.52. The van der Waals surface area contributed by atoms with Gasteiger partial charge in [-0.1, -0.05) is 19.4 Å². The number of ketones is 1. The summed E-state index contributed by atoms with van der Waals surface area (Å²) < 4.78 is 0. The van der Waals surface area contributed by atoms with Gasteiger partial charge in [-0.25, -0.2) is 4.79 Å². The number of aliphatic hydroxyl groups excluding tert-OH is 1. The van der Waals surface area contributed by atoms with Crippen molar-refractivity contribution in [3.63, 3.8) is 0 Å². The predicted octanol–water partition coefficient (Wildman–Crippen LogP) is 4.10. The van der Waals surface area contributed by atoms with E-state index in [9.17, 15) is 9.90 Å². The third-order valence-corrected chi connectivity index (χ3v) is 7.91. The van der Waals surface area contributed by atoms with Gasteiger partial charge in [-0.3, -0.25) is 4.79 Å². The molecule has 25 heavy (non-hydrogen) atoms. The number of rotatable bonds is 0. The number of fused-ring (bicyclic) bond motifs is 5. The second-order valence-electron chi connectivity index (χ2n) is 8.89. The third-order valence-electron chi connectivity index (χ3n) is 7.91. The van der Waals surface area contributed by atoms with Crippen LogP contribution in [0.4, 0.5) is 4.79 Å². The summed E-state index contributed by atoms with van der Waals surface area (Å²) >= 11 is 0. The molecular weight excluding hydrogens is 320 g/mol. The molecule has 4 rings (SSSR count). The Bertz CT molecular complexity index is 593. The first-order valence-electron chi connectivity index (χ1n) is 9.52. The predicted molar refractivity (Wildman–Crippen MR) is 93.4 cm³/mol. The Morgan fingerprint density at radius 1 is 1.04 bits per heavy atom. The highest BCUT2D eigenvalue weighted by Gasteiger charge is 2.58. The average Bonchev–Trinajstić information content (AvgIpc) is 2.83. The summed E-state index contributed by atoms with van der Waals surface area (Å²) in [6.07, 6.45) is 8.87. The fourth-order valence-corrected chi connectivity index (χ4v) is 6.53. The molecule has 0 bridgehead atoms. The Morgan fingerprint density at radius 2 is 1.72 bits per heavy atom. The Kier molecular flexibility index (Phi) is 4.73. The van der Waals surface area contributed by atoms with Crippen LogP contribution in [-0.4, -0.2) is 33.4 Å². The zero-order chi connectivity index (χ0) is 18.4. The molecule has 0 saturated heterocycles. The summed E-state index contributed by atoms with van der Waals surface area (Å²) in [6, 6.07) is 0. The number of hydrogen-bond acceptors (Lipinski definition) is 3. The molecule has 0 amide bonds. The second kappa shape index (κ2) is 6.42. The lowest BCUT2D eigenvalue weighted by atomic mass is 9.47. The molecule has 5 nitrogen and oxygen atoms in total. The molecule has 0 radical (unpaired) electrons. The largest absolute Gasteiger partial charge is 0.503 e. The van der Waals surface area contributed by atoms with Gasteiger partial charge in [0.05, 0.1) is 6.10 Å². The van der Waals surface area contributed by atoms with Gasteiger partial charge in [0.25, 0.3) is 0 Å². The van der Waals surface area contributed by atoms with Crippen LogP contribution in [0.3, 0.4) is 0 Å².